The van der Waals surface area contributed by atoms with E-state index in [9.17, 15) is 0 Å². The highest BCUT2D eigenvalue weighted by atomic mass is 16.6. The molecule has 8 N–H and O–H groups in total. The van der Waals surface area contributed by atoms with E-state index in [0.717, 1.165) is 0 Å². The summed E-state index contributed by atoms with van der Waals surface area (Å²) in [6.07, 6.45) is 1.76. The van der Waals surface area contributed by atoms with Crippen LogP contribution in [0.3, 0.4) is 0 Å². The Morgan fingerprint density at radius 3 is 1.02 bits per heavy atom. The highest BCUT2D eigenvalue weighted by molar-refractivity contribution is 4.86. The summed E-state index contributed by atoms with van der Waals surface area (Å²) in [7, 11) is 0. The second-order valence-electron chi connectivity index (χ2n) is 14.8. The summed E-state index contributed by atoms with van der Waals surface area (Å²) in [5, 5.41) is 0. The summed E-state index contributed by atoms with van der Waals surface area (Å²) in [6, 6.07) is 0. The lowest BCUT2D eigenvalue weighted by Crippen LogP contribution is -2.52. The lowest BCUT2D eigenvalue weighted by Gasteiger charge is -2.42. The molecule has 0 radical (unpaired) electrons. The Morgan fingerprint density at radius 2 is 0.733 bits per heavy atom. The van der Waals surface area contributed by atoms with Gasteiger partial charge in [0, 0.05) is 12.8 Å². The van der Waals surface area contributed by atoms with E-state index in [1.807, 2.05) is 69.2 Å². The maximum Gasteiger partial charge on any atom is 0.116 e. The van der Waals surface area contributed by atoms with Crippen molar-refractivity contribution >= 4 is 0 Å². The molecule has 0 aliphatic rings. The van der Waals surface area contributed by atoms with Crippen molar-refractivity contribution in [3.63, 3.8) is 0 Å². The summed E-state index contributed by atoms with van der Waals surface area (Å²) in [6.45, 7) is 26.1. The molecule has 0 spiro atoms. The molecule has 4 unspecified atom stereocenters. The minimum atomic E-state index is -0.960. The molecule has 272 valence electrons. The molecule has 0 aromatic carbocycles. The molecule has 12 nitrogen and oxygen atoms in total. The van der Waals surface area contributed by atoms with Crippen molar-refractivity contribution in [2.45, 2.75) is 156 Å². The van der Waals surface area contributed by atoms with Gasteiger partial charge in [-0.25, -0.2) is 0 Å². The Kier molecular flexibility index (Phi) is 20.6. The highest BCUT2D eigenvalue weighted by Crippen LogP contribution is 2.31. The van der Waals surface area contributed by atoms with Crippen molar-refractivity contribution < 1.29 is 37.9 Å². The van der Waals surface area contributed by atoms with Crippen molar-refractivity contribution in [3.05, 3.63) is 0 Å². The van der Waals surface area contributed by atoms with Crippen molar-refractivity contribution in [1.29, 1.82) is 0 Å². The van der Waals surface area contributed by atoms with Crippen LogP contribution in [0.2, 0.25) is 0 Å². The average Bonchev–Trinajstić information content (AvgIpc) is 2.86. The van der Waals surface area contributed by atoms with Crippen LogP contribution in [0.5, 0.6) is 0 Å². The first-order valence-electron chi connectivity index (χ1n) is 16.6. The lowest BCUT2D eigenvalue weighted by atomic mass is 9.90. The van der Waals surface area contributed by atoms with Gasteiger partial charge in [-0.15, -0.1) is 0 Å². The maximum atomic E-state index is 6.62. The molecule has 0 aromatic heterocycles. The van der Waals surface area contributed by atoms with E-state index in [0.29, 0.717) is 52.1 Å². The smallest absolute Gasteiger partial charge is 0.116 e. The van der Waals surface area contributed by atoms with Gasteiger partial charge >= 0.3 is 0 Å². The normalized spacial score (nSPS) is 18.5. The number of ether oxygens (including phenoxy) is 8. The predicted octanol–water partition coefficient (Wildman–Crippen LogP) is 4.00. The minimum absolute atomic E-state index is 0.0962. The fraction of sp³-hybridized carbons (Fsp3) is 1.00. The Morgan fingerprint density at radius 1 is 0.444 bits per heavy atom. The predicted molar refractivity (Wildman–Crippen MR) is 179 cm³/mol. The fourth-order valence-electron chi connectivity index (χ4n) is 3.85. The SMILES string of the molecule is CC(C)OCCC(C)(N)OCC(COC(C)(C)CCOC(C)N)(COC(C)(C)CCOC(C)N)COC(C)(N)CCOC(C)C. The van der Waals surface area contributed by atoms with Crippen LogP contribution in [-0.2, 0) is 37.9 Å². The van der Waals surface area contributed by atoms with Crippen LogP contribution in [0, 0.1) is 5.41 Å². The first kappa shape index (κ1) is 44.5. The molecule has 0 aliphatic carbocycles. The molecular weight excluding hydrogens is 580 g/mol. The van der Waals surface area contributed by atoms with Crippen LogP contribution in [0.4, 0.5) is 0 Å². The third-order valence-electron chi connectivity index (χ3n) is 7.22. The van der Waals surface area contributed by atoms with E-state index in [2.05, 4.69) is 0 Å². The Hall–Kier alpha value is -0.480. The van der Waals surface area contributed by atoms with E-state index in [-0.39, 0.29) is 51.1 Å². The summed E-state index contributed by atoms with van der Waals surface area (Å²) in [5.74, 6) is 0. The fourth-order valence-corrected chi connectivity index (χ4v) is 3.85. The molecule has 45 heavy (non-hydrogen) atoms. The third kappa shape index (κ3) is 24.3. The Labute approximate surface area is 275 Å². The molecule has 0 amide bonds. The zero-order valence-corrected chi connectivity index (χ0v) is 30.9. The molecule has 4 atom stereocenters. The van der Waals surface area contributed by atoms with E-state index >= 15 is 0 Å². The topological polar surface area (TPSA) is 178 Å². The molecule has 12 heteroatoms. The van der Waals surface area contributed by atoms with Gasteiger partial charge in [0.25, 0.3) is 0 Å². The van der Waals surface area contributed by atoms with Crippen molar-refractivity contribution in [2.75, 3.05) is 52.9 Å². The molecule has 0 rings (SSSR count). The van der Waals surface area contributed by atoms with Gasteiger partial charge in [-0.1, -0.05) is 0 Å². The number of rotatable bonds is 28. The van der Waals surface area contributed by atoms with Crippen LogP contribution < -0.4 is 22.9 Å². The van der Waals surface area contributed by atoms with Crippen LogP contribution in [0.1, 0.15) is 109 Å². The van der Waals surface area contributed by atoms with E-state index in [4.69, 9.17) is 60.8 Å². The van der Waals surface area contributed by atoms with Crippen molar-refractivity contribution in [2.24, 2.45) is 28.3 Å². The largest absolute Gasteiger partial charge is 0.379 e. The van der Waals surface area contributed by atoms with Gasteiger partial charge < -0.3 is 60.8 Å². The maximum absolute atomic E-state index is 6.62. The second kappa shape index (κ2) is 20.8. The summed E-state index contributed by atoms with van der Waals surface area (Å²) < 4.78 is 48.7. The highest BCUT2D eigenvalue weighted by Gasteiger charge is 2.40. The summed E-state index contributed by atoms with van der Waals surface area (Å²) >= 11 is 0. The molecule has 0 fully saturated rings. The van der Waals surface area contributed by atoms with Gasteiger partial charge in [0.15, 0.2) is 0 Å². The van der Waals surface area contributed by atoms with Gasteiger partial charge in [-0.2, -0.15) is 0 Å². The monoisotopic (exact) mass is 653 g/mol. The lowest BCUT2D eigenvalue weighted by molar-refractivity contribution is -0.198. The number of nitrogens with two attached hydrogens (primary N) is 4. The molecule has 0 heterocycles. The standard InChI is InChI=1S/C33H72N4O8/c1-25(2)38-19-15-31(11,36)44-23-33(21-42-29(7,8)13-17-40-27(5)34,22-43-30(9,10)14-18-41-28(6)35)24-45-32(12,37)16-20-39-26(3)4/h25-28H,13-24,34-37H2,1-12H3. The van der Waals surface area contributed by atoms with Crippen LogP contribution in [0.25, 0.3) is 0 Å². The van der Waals surface area contributed by atoms with Crippen molar-refractivity contribution in [3.8, 4) is 0 Å². The second-order valence-corrected chi connectivity index (χ2v) is 14.8. The Balaban J connectivity index is 6.15. The molecule has 0 aromatic rings. The first-order valence-corrected chi connectivity index (χ1v) is 16.6. The average molecular weight is 653 g/mol. The van der Waals surface area contributed by atoms with Crippen LogP contribution in [0.15, 0.2) is 0 Å². The first-order chi connectivity index (χ1) is 20.5. The van der Waals surface area contributed by atoms with Gasteiger partial charge in [-0.05, 0) is 95.9 Å². The molecule has 0 saturated carbocycles. The zero-order valence-electron chi connectivity index (χ0n) is 30.9. The molecular formula is C33H72N4O8. The summed E-state index contributed by atoms with van der Waals surface area (Å²) in [4.78, 5) is 0. The number of hydrogen-bond acceptors (Lipinski definition) is 12. The van der Waals surface area contributed by atoms with Gasteiger partial charge in [0.1, 0.15) is 23.9 Å². The Bertz CT molecular complexity index is 635. The minimum Gasteiger partial charge on any atom is -0.379 e. The van der Waals surface area contributed by atoms with Crippen LogP contribution >= 0.6 is 0 Å². The van der Waals surface area contributed by atoms with Crippen molar-refractivity contribution in [1.82, 2.24) is 0 Å². The zero-order chi connectivity index (χ0) is 35.0. The van der Waals surface area contributed by atoms with E-state index < -0.39 is 28.1 Å². The van der Waals surface area contributed by atoms with Gasteiger partial charge in [0.2, 0.25) is 0 Å². The van der Waals surface area contributed by atoms with E-state index in [1.165, 1.54) is 0 Å². The number of hydrogen-bond donors (Lipinski definition) is 4. The van der Waals surface area contributed by atoms with Crippen LogP contribution in [-0.4, -0.2) is 100 Å². The molecule has 0 bridgehead atoms. The van der Waals surface area contributed by atoms with Gasteiger partial charge in [-0.3, -0.25) is 0 Å². The summed E-state index contributed by atoms with van der Waals surface area (Å²) in [5.41, 5.74) is 21.0. The van der Waals surface area contributed by atoms with Gasteiger partial charge in [0.05, 0.1) is 81.7 Å². The van der Waals surface area contributed by atoms with E-state index in [1.54, 1.807) is 13.8 Å². The quantitative estimate of drug-likeness (QED) is 0.0895. The third-order valence-corrected chi connectivity index (χ3v) is 7.22. The molecule has 0 aliphatic heterocycles. The molecule has 0 saturated heterocycles.